The van der Waals surface area contributed by atoms with Gasteiger partial charge in [0.25, 0.3) is 0 Å². The third kappa shape index (κ3) is 4.42. The highest BCUT2D eigenvalue weighted by Crippen LogP contribution is 2.23. The first kappa shape index (κ1) is 16.2. The van der Waals surface area contributed by atoms with E-state index in [2.05, 4.69) is 43.4 Å². The normalized spacial score (nSPS) is 10.5. The van der Waals surface area contributed by atoms with Crippen LogP contribution in [0.1, 0.15) is 30.0 Å². The molecule has 0 aliphatic rings. The zero-order chi connectivity index (χ0) is 15.9. The minimum atomic E-state index is 0.642. The molecule has 0 heterocycles. The van der Waals surface area contributed by atoms with Gasteiger partial charge in [-0.25, -0.2) is 0 Å². The average molecular weight is 298 g/mol. The molecular weight excluding hydrogens is 272 g/mol. The number of hydrogen-bond acceptors (Lipinski definition) is 3. The molecule has 0 aliphatic carbocycles. The van der Waals surface area contributed by atoms with Gasteiger partial charge in [0, 0.05) is 12.2 Å². The molecular formula is C19H26N2O. The Bertz CT molecular complexity index is 623. The summed E-state index contributed by atoms with van der Waals surface area (Å²) in [4.78, 5) is 0. The Balaban J connectivity index is 1.81. The van der Waals surface area contributed by atoms with Crippen LogP contribution in [-0.2, 0) is 6.42 Å². The van der Waals surface area contributed by atoms with Gasteiger partial charge < -0.3 is 15.8 Å². The van der Waals surface area contributed by atoms with Crippen molar-refractivity contribution in [1.29, 1.82) is 0 Å². The van der Waals surface area contributed by atoms with Gasteiger partial charge in [-0.15, -0.1) is 0 Å². The maximum absolute atomic E-state index is 5.99. The smallest absolute Gasteiger partial charge is 0.142 e. The highest BCUT2D eigenvalue weighted by Gasteiger charge is 2.02. The van der Waals surface area contributed by atoms with Gasteiger partial charge in [-0.2, -0.15) is 0 Å². The second kappa shape index (κ2) is 7.74. The van der Waals surface area contributed by atoms with E-state index in [1.54, 1.807) is 0 Å². The van der Waals surface area contributed by atoms with Crippen molar-refractivity contribution in [3.63, 3.8) is 0 Å². The highest BCUT2D eigenvalue weighted by molar-refractivity contribution is 5.54. The first-order valence-corrected chi connectivity index (χ1v) is 7.92. The van der Waals surface area contributed by atoms with Crippen LogP contribution in [0.25, 0.3) is 0 Å². The zero-order valence-electron chi connectivity index (χ0n) is 13.8. The van der Waals surface area contributed by atoms with E-state index in [1.807, 2.05) is 19.1 Å². The molecule has 0 radical (unpaired) electrons. The Morgan fingerprint density at radius 1 is 1.05 bits per heavy atom. The summed E-state index contributed by atoms with van der Waals surface area (Å²) >= 11 is 0. The number of rotatable bonds is 7. The second-order valence-corrected chi connectivity index (χ2v) is 5.63. The van der Waals surface area contributed by atoms with Crippen molar-refractivity contribution in [3.8, 4) is 5.75 Å². The van der Waals surface area contributed by atoms with Crippen LogP contribution in [-0.4, -0.2) is 13.2 Å². The SMILES string of the molecule is CCOc1ccc(CCCNc2ccc(C)c(C)c2)cc1N. The Morgan fingerprint density at radius 3 is 2.55 bits per heavy atom. The molecule has 3 N–H and O–H groups in total. The molecule has 22 heavy (non-hydrogen) atoms. The first-order chi connectivity index (χ1) is 10.6. The molecule has 0 saturated carbocycles. The fourth-order valence-electron chi connectivity index (χ4n) is 2.42. The van der Waals surface area contributed by atoms with E-state index in [1.165, 1.54) is 22.4 Å². The standard InChI is InChI=1S/C19H26N2O/c1-4-22-19-10-8-16(13-18(19)20)6-5-11-21-17-9-7-14(2)15(3)12-17/h7-10,12-13,21H,4-6,11,20H2,1-3H3. The predicted octanol–water partition coefficient (Wildman–Crippen LogP) is 4.33. The maximum Gasteiger partial charge on any atom is 0.142 e. The lowest BCUT2D eigenvalue weighted by atomic mass is 10.1. The number of hydrogen-bond donors (Lipinski definition) is 2. The fourth-order valence-corrected chi connectivity index (χ4v) is 2.42. The van der Waals surface area contributed by atoms with E-state index in [0.29, 0.717) is 6.61 Å². The van der Waals surface area contributed by atoms with Crippen LogP contribution < -0.4 is 15.8 Å². The maximum atomic E-state index is 5.99. The van der Waals surface area contributed by atoms with E-state index in [9.17, 15) is 0 Å². The number of nitrogens with two attached hydrogens (primary N) is 1. The largest absolute Gasteiger partial charge is 0.492 e. The average Bonchev–Trinajstić information content (AvgIpc) is 2.50. The zero-order valence-corrected chi connectivity index (χ0v) is 13.8. The summed E-state index contributed by atoms with van der Waals surface area (Å²) in [5.74, 6) is 0.777. The lowest BCUT2D eigenvalue weighted by Gasteiger charge is -2.10. The van der Waals surface area contributed by atoms with E-state index in [4.69, 9.17) is 10.5 Å². The highest BCUT2D eigenvalue weighted by atomic mass is 16.5. The Kier molecular flexibility index (Phi) is 5.70. The van der Waals surface area contributed by atoms with Crippen LogP contribution in [0.5, 0.6) is 5.75 Å². The molecule has 0 bridgehead atoms. The van der Waals surface area contributed by atoms with Crippen molar-refractivity contribution < 1.29 is 4.74 Å². The van der Waals surface area contributed by atoms with Crippen molar-refractivity contribution in [1.82, 2.24) is 0 Å². The molecule has 0 fully saturated rings. The molecule has 0 spiro atoms. The Hall–Kier alpha value is -2.16. The molecule has 2 aromatic rings. The van der Waals surface area contributed by atoms with Gasteiger partial charge in [0.05, 0.1) is 12.3 Å². The molecule has 3 heteroatoms. The minimum absolute atomic E-state index is 0.642. The van der Waals surface area contributed by atoms with Crippen LogP contribution in [0.2, 0.25) is 0 Å². The van der Waals surface area contributed by atoms with E-state index in [0.717, 1.165) is 30.8 Å². The van der Waals surface area contributed by atoms with Crippen LogP contribution in [0.3, 0.4) is 0 Å². The van der Waals surface area contributed by atoms with Gasteiger partial charge in [0.1, 0.15) is 5.75 Å². The third-order valence-electron chi connectivity index (χ3n) is 3.85. The molecule has 0 unspecified atom stereocenters. The van der Waals surface area contributed by atoms with Crippen LogP contribution >= 0.6 is 0 Å². The minimum Gasteiger partial charge on any atom is -0.492 e. The van der Waals surface area contributed by atoms with Crippen molar-refractivity contribution in [2.24, 2.45) is 0 Å². The molecule has 2 rings (SSSR count). The summed E-state index contributed by atoms with van der Waals surface area (Å²) in [5.41, 5.74) is 11.8. The number of aryl methyl sites for hydroxylation is 3. The predicted molar refractivity (Wildman–Crippen MR) is 94.8 cm³/mol. The van der Waals surface area contributed by atoms with Gasteiger partial charge >= 0.3 is 0 Å². The summed E-state index contributed by atoms with van der Waals surface area (Å²) in [5, 5.41) is 3.47. The lowest BCUT2D eigenvalue weighted by molar-refractivity contribution is 0.342. The molecule has 0 aliphatic heterocycles. The number of anilines is 2. The van der Waals surface area contributed by atoms with Crippen LogP contribution in [0.4, 0.5) is 11.4 Å². The number of ether oxygens (including phenoxy) is 1. The fraction of sp³-hybridized carbons (Fsp3) is 0.368. The third-order valence-corrected chi connectivity index (χ3v) is 3.85. The number of benzene rings is 2. The quantitative estimate of drug-likeness (QED) is 0.591. The van der Waals surface area contributed by atoms with Gasteiger partial charge in [0.15, 0.2) is 0 Å². The van der Waals surface area contributed by atoms with E-state index >= 15 is 0 Å². The summed E-state index contributed by atoms with van der Waals surface area (Å²) in [6.45, 7) is 7.84. The van der Waals surface area contributed by atoms with Gasteiger partial charge in [0.2, 0.25) is 0 Å². The van der Waals surface area contributed by atoms with E-state index in [-0.39, 0.29) is 0 Å². The van der Waals surface area contributed by atoms with Crippen molar-refractivity contribution >= 4 is 11.4 Å². The molecule has 0 amide bonds. The second-order valence-electron chi connectivity index (χ2n) is 5.63. The van der Waals surface area contributed by atoms with Crippen LogP contribution in [0, 0.1) is 13.8 Å². The Morgan fingerprint density at radius 2 is 1.86 bits per heavy atom. The van der Waals surface area contributed by atoms with Crippen LogP contribution in [0.15, 0.2) is 36.4 Å². The molecule has 118 valence electrons. The van der Waals surface area contributed by atoms with E-state index < -0.39 is 0 Å². The van der Waals surface area contributed by atoms with Gasteiger partial charge in [-0.3, -0.25) is 0 Å². The molecule has 0 aromatic heterocycles. The molecule has 2 aromatic carbocycles. The molecule has 0 saturated heterocycles. The van der Waals surface area contributed by atoms with Crippen molar-refractivity contribution in [2.45, 2.75) is 33.6 Å². The molecule has 0 atom stereocenters. The summed E-state index contributed by atoms with van der Waals surface area (Å²) in [6, 6.07) is 12.6. The van der Waals surface area contributed by atoms with Gasteiger partial charge in [-0.1, -0.05) is 12.1 Å². The summed E-state index contributed by atoms with van der Waals surface area (Å²) in [7, 11) is 0. The lowest BCUT2D eigenvalue weighted by Crippen LogP contribution is -2.04. The Labute approximate surface area is 133 Å². The monoisotopic (exact) mass is 298 g/mol. The van der Waals surface area contributed by atoms with Crippen molar-refractivity contribution in [3.05, 3.63) is 53.1 Å². The number of nitrogen functional groups attached to an aromatic ring is 1. The first-order valence-electron chi connectivity index (χ1n) is 7.92. The van der Waals surface area contributed by atoms with Crippen molar-refractivity contribution in [2.75, 3.05) is 24.2 Å². The number of nitrogens with one attached hydrogen (secondary N) is 1. The summed E-state index contributed by atoms with van der Waals surface area (Å²) < 4.78 is 5.46. The topological polar surface area (TPSA) is 47.3 Å². The molecule has 3 nitrogen and oxygen atoms in total. The van der Waals surface area contributed by atoms with Gasteiger partial charge in [-0.05, 0) is 74.6 Å². The summed E-state index contributed by atoms with van der Waals surface area (Å²) in [6.07, 6.45) is 2.08.